The smallest absolute Gasteiger partial charge is 0.226 e. The fraction of sp³-hybridized carbons (Fsp3) is 0.111. The molecule has 0 fully saturated rings. The van der Waals surface area contributed by atoms with Crippen molar-refractivity contribution in [3.8, 4) is 23.0 Å². The van der Waals surface area contributed by atoms with E-state index in [1.165, 1.54) is 0 Å². The molecule has 6 heteroatoms. The Bertz CT molecular complexity index is 1390. The highest BCUT2D eigenvalue weighted by atomic mass is 16.5. The lowest BCUT2D eigenvalue weighted by molar-refractivity contribution is 0.268. The third kappa shape index (κ3) is 4.46. The number of para-hydroxylation sites is 1. The van der Waals surface area contributed by atoms with Gasteiger partial charge in [-0.05, 0) is 17.2 Å². The van der Waals surface area contributed by atoms with Crippen molar-refractivity contribution in [1.29, 1.82) is 0 Å². The van der Waals surface area contributed by atoms with Crippen LogP contribution in [0.25, 0.3) is 22.2 Å². The van der Waals surface area contributed by atoms with Gasteiger partial charge in [0.1, 0.15) is 26.8 Å². The highest BCUT2D eigenvalue weighted by Gasteiger charge is 2.18. The second kappa shape index (κ2) is 9.21. The number of ether oxygens (including phenoxy) is 2. The van der Waals surface area contributed by atoms with Crippen LogP contribution < -0.4 is 14.9 Å². The summed E-state index contributed by atoms with van der Waals surface area (Å²) in [5.41, 5.74) is 5.23. The molecule has 0 amide bonds. The number of fused-ring (bicyclic) bond motifs is 1. The molecule has 5 nitrogen and oxygen atoms in total. The van der Waals surface area contributed by atoms with Gasteiger partial charge in [-0.1, -0.05) is 84.3 Å². The largest absolute Gasteiger partial charge is 0.473 e. The van der Waals surface area contributed by atoms with Crippen LogP contribution in [0.3, 0.4) is 0 Å². The van der Waals surface area contributed by atoms with Gasteiger partial charge in [-0.25, -0.2) is 0 Å². The quantitative estimate of drug-likeness (QED) is 0.354. The Kier molecular flexibility index (Phi) is 5.81. The van der Waals surface area contributed by atoms with Crippen molar-refractivity contribution in [2.24, 2.45) is 7.05 Å². The molecule has 0 bridgehead atoms. The normalized spacial score (nSPS) is 10.9. The van der Waals surface area contributed by atoms with Crippen molar-refractivity contribution in [3.63, 3.8) is 0 Å². The zero-order chi connectivity index (χ0) is 22.6. The zero-order valence-electron chi connectivity index (χ0n) is 18.3. The van der Waals surface area contributed by atoms with E-state index in [2.05, 4.69) is 0 Å². The van der Waals surface area contributed by atoms with Gasteiger partial charge in [-0.15, -0.1) is 0 Å². The predicted molar refractivity (Wildman–Crippen MR) is 131 cm³/mol. The maximum atomic E-state index is 6.21. The van der Waals surface area contributed by atoms with Gasteiger partial charge in [0.25, 0.3) is 0 Å². The molecule has 0 saturated heterocycles. The molecule has 2 radical (unpaired) electrons. The fourth-order valence-corrected chi connectivity index (χ4v) is 3.82. The Morgan fingerprint density at radius 3 is 2.12 bits per heavy atom. The van der Waals surface area contributed by atoms with E-state index < -0.39 is 0 Å². The number of rotatable bonds is 7. The molecule has 3 aromatic carbocycles. The number of hydrogen-bond acceptors (Lipinski definition) is 4. The first-order valence-electron chi connectivity index (χ1n) is 10.7. The molecule has 0 aliphatic carbocycles. The average Bonchev–Trinajstić information content (AvgIpc) is 3.20. The van der Waals surface area contributed by atoms with Gasteiger partial charge in [0.2, 0.25) is 11.8 Å². The summed E-state index contributed by atoms with van der Waals surface area (Å²) in [7, 11) is 8.10. The molecule has 0 aliphatic rings. The summed E-state index contributed by atoms with van der Waals surface area (Å²) >= 11 is 0. The number of pyridine rings is 1. The van der Waals surface area contributed by atoms with Gasteiger partial charge in [0.15, 0.2) is 0 Å². The molecule has 0 aliphatic heterocycles. The van der Waals surface area contributed by atoms with E-state index in [1.807, 2.05) is 98.0 Å². The van der Waals surface area contributed by atoms with Crippen molar-refractivity contribution in [2.45, 2.75) is 13.2 Å². The van der Waals surface area contributed by atoms with E-state index in [0.717, 1.165) is 33.3 Å². The van der Waals surface area contributed by atoms with Crippen molar-refractivity contribution in [2.75, 3.05) is 0 Å². The van der Waals surface area contributed by atoms with E-state index in [-0.39, 0.29) is 0 Å². The minimum absolute atomic E-state index is 0.385. The van der Waals surface area contributed by atoms with Crippen molar-refractivity contribution < 1.29 is 9.47 Å². The Balaban J connectivity index is 1.51. The topological polar surface area (TPSA) is 49.2 Å². The number of benzene rings is 3. The van der Waals surface area contributed by atoms with Gasteiger partial charge >= 0.3 is 0 Å². The number of nitrogens with zero attached hydrogens (tertiary/aromatic N) is 3. The molecular formula is C27H22BN3O2. The van der Waals surface area contributed by atoms with Gasteiger partial charge in [0, 0.05) is 18.5 Å². The standard InChI is InChI=1S/C27H22BN3O2/c1-31-26-21(13-8-14-23(26)28)25(30-31)22-15-16-24(32-17-19-9-4-2-5-10-19)29-27(22)33-18-20-11-6-3-7-12-20/h2-16H,17-18H2,1H3. The Labute approximate surface area is 194 Å². The summed E-state index contributed by atoms with van der Waals surface area (Å²) in [5.74, 6) is 0.956. The molecule has 2 heterocycles. The first-order chi connectivity index (χ1) is 16.2. The van der Waals surface area contributed by atoms with E-state index >= 15 is 0 Å². The maximum Gasteiger partial charge on any atom is 0.226 e. The second-order valence-electron chi connectivity index (χ2n) is 7.77. The first-order valence-corrected chi connectivity index (χ1v) is 10.7. The lowest BCUT2D eigenvalue weighted by Crippen LogP contribution is -2.06. The summed E-state index contributed by atoms with van der Waals surface area (Å²) in [6.45, 7) is 0.810. The highest BCUT2D eigenvalue weighted by molar-refractivity contribution is 6.38. The van der Waals surface area contributed by atoms with Crippen LogP contribution in [0.1, 0.15) is 11.1 Å². The highest BCUT2D eigenvalue weighted by Crippen LogP contribution is 2.34. The van der Waals surface area contributed by atoms with E-state index in [4.69, 9.17) is 27.4 Å². The van der Waals surface area contributed by atoms with Crippen LogP contribution in [-0.2, 0) is 20.3 Å². The van der Waals surface area contributed by atoms with Crippen molar-refractivity contribution in [1.82, 2.24) is 14.8 Å². The summed E-state index contributed by atoms with van der Waals surface area (Å²) in [6.07, 6.45) is 0. The molecule has 160 valence electrons. The van der Waals surface area contributed by atoms with Gasteiger partial charge in [-0.3, -0.25) is 4.68 Å². The van der Waals surface area contributed by atoms with Gasteiger partial charge in [-0.2, -0.15) is 10.1 Å². The molecule has 33 heavy (non-hydrogen) atoms. The zero-order valence-corrected chi connectivity index (χ0v) is 18.3. The first kappa shape index (κ1) is 20.8. The molecule has 0 N–H and O–H groups in total. The molecule has 0 unspecified atom stereocenters. The SMILES string of the molecule is [B]c1cccc2c(-c3ccc(OCc4ccccc4)nc3OCc3ccccc3)nn(C)c12. The predicted octanol–water partition coefficient (Wildman–Crippen LogP) is 4.59. The van der Waals surface area contributed by atoms with Crippen molar-refractivity contribution >= 4 is 24.2 Å². The van der Waals surface area contributed by atoms with Crippen LogP contribution in [0.15, 0.2) is 91.0 Å². The maximum absolute atomic E-state index is 6.21. The summed E-state index contributed by atoms with van der Waals surface area (Å²) in [6, 6.07) is 29.6. The lowest BCUT2D eigenvalue weighted by atomic mass is 9.93. The van der Waals surface area contributed by atoms with E-state index in [0.29, 0.717) is 30.4 Å². The molecule has 5 rings (SSSR count). The Morgan fingerprint density at radius 1 is 0.758 bits per heavy atom. The van der Waals surface area contributed by atoms with Crippen LogP contribution >= 0.6 is 0 Å². The lowest BCUT2D eigenvalue weighted by Gasteiger charge is -2.12. The Morgan fingerprint density at radius 2 is 1.42 bits per heavy atom. The van der Waals surface area contributed by atoms with Crippen LogP contribution in [-0.4, -0.2) is 22.6 Å². The number of aromatic nitrogens is 3. The minimum Gasteiger partial charge on any atom is -0.473 e. The minimum atomic E-state index is 0.385. The van der Waals surface area contributed by atoms with Crippen LogP contribution in [0.4, 0.5) is 0 Å². The van der Waals surface area contributed by atoms with E-state index in [1.54, 1.807) is 4.68 Å². The third-order valence-corrected chi connectivity index (χ3v) is 5.43. The number of aryl methyl sites for hydroxylation is 1. The third-order valence-electron chi connectivity index (χ3n) is 5.43. The van der Waals surface area contributed by atoms with Gasteiger partial charge in [0.05, 0.1) is 11.1 Å². The summed E-state index contributed by atoms with van der Waals surface area (Å²) < 4.78 is 13.9. The number of hydrogen-bond donors (Lipinski definition) is 0. The monoisotopic (exact) mass is 431 g/mol. The summed E-state index contributed by atoms with van der Waals surface area (Å²) in [4.78, 5) is 4.69. The van der Waals surface area contributed by atoms with Gasteiger partial charge < -0.3 is 9.47 Å². The van der Waals surface area contributed by atoms with Crippen molar-refractivity contribution in [3.05, 3.63) is 102 Å². The molecular weight excluding hydrogens is 409 g/mol. The second-order valence-corrected chi connectivity index (χ2v) is 7.77. The molecule has 0 spiro atoms. The fourth-order valence-electron chi connectivity index (χ4n) is 3.82. The van der Waals surface area contributed by atoms with E-state index in [9.17, 15) is 0 Å². The molecule has 5 aromatic rings. The molecule has 0 saturated carbocycles. The summed E-state index contributed by atoms with van der Waals surface area (Å²) in [5, 5.41) is 5.68. The van der Waals surface area contributed by atoms with Crippen LogP contribution in [0.2, 0.25) is 0 Å². The van der Waals surface area contributed by atoms with Crippen LogP contribution in [0.5, 0.6) is 11.8 Å². The average molecular weight is 431 g/mol. The van der Waals surface area contributed by atoms with Crippen LogP contribution in [0, 0.1) is 0 Å². The molecule has 0 atom stereocenters. The Hall–Kier alpha value is -4.06. The molecule has 2 aromatic heterocycles.